The minimum Gasteiger partial charge on any atom is -0.507 e. The zero-order valence-electron chi connectivity index (χ0n) is 46.8. The number of piperazine rings is 1. The number of aromatic hydroxyl groups is 1. The van der Waals surface area contributed by atoms with E-state index >= 15 is 0 Å². The number of carbonyl (C=O) groups excluding carboxylic acids is 2. The Morgan fingerprint density at radius 1 is 0.877 bits per heavy atom. The van der Waals surface area contributed by atoms with Gasteiger partial charge in [0.2, 0.25) is 17.7 Å². The van der Waals surface area contributed by atoms with Crippen LogP contribution < -0.4 is 30.5 Å². The summed E-state index contributed by atoms with van der Waals surface area (Å²) in [4.78, 5) is 52.4. The van der Waals surface area contributed by atoms with Crippen molar-refractivity contribution in [3.63, 3.8) is 0 Å². The van der Waals surface area contributed by atoms with Gasteiger partial charge in [0.05, 0.1) is 39.6 Å². The van der Waals surface area contributed by atoms with E-state index in [-0.39, 0.29) is 48.6 Å². The molecule has 7 fully saturated rings. The number of aliphatic hydroxyl groups is 1. The summed E-state index contributed by atoms with van der Waals surface area (Å²) in [5.41, 5.74) is 15.0. The minimum atomic E-state index is -0.798. The number of phenols is 1. The highest BCUT2D eigenvalue weighted by atomic mass is 32.1. The number of rotatable bonds is 16. The number of anilines is 4. The summed E-state index contributed by atoms with van der Waals surface area (Å²) in [6.45, 7) is 17.2. The molecule has 2 aromatic carbocycles. The van der Waals surface area contributed by atoms with Gasteiger partial charge in [0.15, 0.2) is 17.4 Å². The molecular formula is C61H75N13O6S. The second kappa shape index (κ2) is 21.8. The molecule has 81 heavy (non-hydrogen) atoms. The van der Waals surface area contributed by atoms with Crippen molar-refractivity contribution in [1.82, 2.24) is 45.3 Å². The highest BCUT2D eigenvalue weighted by molar-refractivity contribution is 7.13. The molecule has 19 nitrogen and oxygen atoms in total. The average Bonchev–Trinajstić information content (AvgIpc) is 4.36. The Balaban J connectivity index is 0.536. The van der Waals surface area contributed by atoms with Gasteiger partial charge in [0, 0.05) is 138 Å². The average molecular weight is 1120 g/mol. The van der Waals surface area contributed by atoms with Crippen LogP contribution in [0.5, 0.6) is 11.6 Å². The number of para-hydroxylation sites is 1. The van der Waals surface area contributed by atoms with Crippen molar-refractivity contribution in [2.75, 3.05) is 85.9 Å². The summed E-state index contributed by atoms with van der Waals surface area (Å²) in [5.74, 6) is 1.86. The number of likely N-dealkylation sites (tertiary alicyclic amines) is 3. The second-order valence-electron chi connectivity index (χ2n) is 24.8. The standard InChI is InChI=1S/C61H75N13O6S/c1-36(2)56(60(78)73-30-46(75)24-51(73)59(77)65-37(3)40-9-11-41(12-10-40)57-38(4)64-35-81-57)53-26-54(68-80-53)70-19-16-39(17-20-70)27-69-31-61(32-69)33-72(34-61)45-21-47(22-45)79-55-23-42(15-18-63-55)74-43-13-14-44(74)29-71(28-43)50-25-49(66-67-58(50)62)48-7-5-6-8-52(48)76/h5-12,15,18,23,25-26,35-37,39,43-47,51,56,75-76H,13-14,16-17,19-22,24,27-34H2,1-4H3,(H2,62,67)(H,65,77)/t37-,43+,44?,45?,46+,47?,51-,56+/m0/s1. The number of aromatic nitrogens is 5. The van der Waals surface area contributed by atoms with Crippen molar-refractivity contribution < 1.29 is 29.1 Å². The molecular weight excluding hydrogens is 1040 g/mol. The molecule has 6 atom stereocenters. The number of nitrogens with one attached hydrogen (secondary N) is 1. The van der Waals surface area contributed by atoms with Crippen molar-refractivity contribution in [1.29, 1.82) is 0 Å². The number of pyridine rings is 1. The van der Waals surface area contributed by atoms with Crippen LogP contribution in [0.4, 0.5) is 23.0 Å². The molecule has 4 aromatic heterocycles. The molecule has 5 N–H and O–H groups in total. The van der Waals surface area contributed by atoms with Gasteiger partial charge < -0.3 is 55.0 Å². The smallest absolute Gasteiger partial charge is 0.243 e. The lowest BCUT2D eigenvalue weighted by atomic mass is 9.70. The quantitative estimate of drug-likeness (QED) is 0.0758. The Kier molecular flexibility index (Phi) is 14.4. The van der Waals surface area contributed by atoms with E-state index in [0.29, 0.717) is 58.2 Å². The monoisotopic (exact) mass is 1120 g/mol. The molecule has 6 aromatic rings. The van der Waals surface area contributed by atoms with Crippen LogP contribution in [0.25, 0.3) is 21.7 Å². The molecule has 6 aliphatic heterocycles. The highest BCUT2D eigenvalue weighted by Gasteiger charge is 2.55. The number of hydrogen-bond acceptors (Lipinski definition) is 18. The summed E-state index contributed by atoms with van der Waals surface area (Å²) >= 11 is 1.60. The van der Waals surface area contributed by atoms with Gasteiger partial charge in [0.1, 0.15) is 23.8 Å². The molecule has 6 saturated heterocycles. The van der Waals surface area contributed by atoms with Crippen LogP contribution in [-0.2, 0) is 9.59 Å². The van der Waals surface area contributed by atoms with Crippen LogP contribution in [0.1, 0.15) is 94.7 Å². The number of aryl methyl sites for hydroxylation is 1. The minimum absolute atomic E-state index is 0.0901. The number of piperidine rings is 1. The largest absolute Gasteiger partial charge is 0.507 e. The predicted octanol–water partition coefficient (Wildman–Crippen LogP) is 7.13. The van der Waals surface area contributed by atoms with Gasteiger partial charge in [-0.3, -0.25) is 14.5 Å². The number of benzene rings is 2. The number of nitrogens with two attached hydrogens (primary N) is 1. The third-order valence-corrected chi connectivity index (χ3v) is 19.7. The fourth-order valence-electron chi connectivity index (χ4n) is 14.4. The topological polar surface area (TPSA) is 219 Å². The fourth-order valence-corrected chi connectivity index (χ4v) is 15.2. The first-order chi connectivity index (χ1) is 39.2. The fraction of sp³-hybridized carbons (Fsp3) is 0.525. The molecule has 0 radical (unpaired) electrons. The van der Waals surface area contributed by atoms with Gasteiger partial charge in [-0.25, -0.2) is 9.97 Å². The molecule has 1 saturated carbocycles. The van der Waals surface area contributed by atoms with E-state index in [4.69, 9.17) is 15.0 Å². The normalized spacial score (nSPS) is 25.4. The van der Waals surface area contributed by atoms with Crippen molar-refractivity contribution in [2.24, 2.45) is 17.3 Å². The first-order valence-corrected chi connectivity index (χ1v) is 30.1. The number of phenolic OH excluding ortho intramolecular Hbond substituents is 1. The maximum atomic E-state index is 14.4. The summed E-state index contributed by atoms with van der Waals surface area (Å²) < 4.78 is 12.5. The van der Waals surface area contributed by atoms with Gasteiger partial charge in [-0.2, -0.15) is 0 Å². The Bertz CT molecular complexity index is 3220. The van der Waals surface area contributed by atoms with E-state index in [9.17, 15) is 19.8 Å². The van der Waals surface area contributed by atoms with Gasteiger partial charge in [0.25, 0.3) is 0 Å². The van der Waals surface area contributed by atoms with E-state index < -0.39 is 18.1 Å². The number of thiazole rings is 1. The number of ether oxygens (including phenoxy) is 1. The van der Waals surface area contributed by atoms with Crippen molar-refractivity contribution in [3.8, 4) is 33.3 Å². The van der Waals surface area contributed by atoms with Crippen LogP contribution in [0.2, 0.25) is 0 Å². The molecule has 2 amide bonds. The third kappa shape index (κ3) is 10.6. The number of β-amino-alcohol motifs (C(OH)–C–C–N with tert-alkyl or cyclic N) is 1. The Labute approximate surface area is 477 Å². The van der Waals surface area contributed by atoms with Crippen LogP contribution in [0, 0.1) is 24.2 Å². The lowest BCUT2D eigenvalue weighted by Crippen LogP contribution is -2.75. The lowest BCUT2D eigenvalue weighted by molar-refractivity contribution is -0.154. The Morgan fingerprint density at radius 2 is 1.63 bits per heavy atom. The number of fused-ring (bicyclic) bond motifs is 2. The number of hydrogen-bond donors (Lipinski definition) is 4. The van der Waals surface area contributed by atoms with Crippen LogP contribution in [0.3, 0.4) is 0 Å². The van der Waals surface area contributed by atoms with Gasteiger partial charge in [-0.05, 0) is 86.8 Å². The van der Waals surface area contributed by atoms with Gasteiger partial charge >= 0.3 is 0 Å². The molecule has 1 unspecified atom stereocenters. The van der Waals surface area contributed by atoms with E-state index in [0.717, 1.165) is 110 Å². The molecule has 1 spiro atoms. The summed E-state index contributed by atoms with van der Waals surface area (Å²) in [6, 6.07) is 23.5. The lowest BCUT2D eigenvalue weighted by Gasteiger charge is -2.64. The maximum absolute atomic E-state index is 14.4. The van der Waals surface area contributed by atoms with Crippen molar-refractivity contribution >= 4 is 46.2 Å². The molecule has 20 heteroatoms. The van der Waals surface area contributed by atoms with Gasteiger partial charge in [-0.15, -0.1) is 21.5 Å². The van der Waals surface area contributed by atoms with Crippen LogP contribution in [-0.4, -0.2) is 164 Å². The molecule has 1 aliphatic carbocycles. The van der Waals surface area contributed by atoms with E-state index in [1.807, 2.05) is 87.9 Å². The zero-order chi connectivity index (χ0) is 55.7. The SMILES string of the molecule is Cc1ncsc1-c1ccc([C@H](C)NC(=O)[C@@H]2C[C@@H](O)CN2C(=O)[C@@H](c2cc(N3CCC(CN4CC5(C4)CN(C4CC(Oc6cc(N7C8CC[C@@H]7CN(c7cc(-c9ccccc9O)nnc7N)C8)ccn6)C4)C5)CC3)no2)C(C)C)cc1. The van der Waals surface area contributed by atoms with Crippen LogP contribution >= 0.6 is 11.3 Å². The Morgan fingerprint density at radius 3 is 2.35 bits per heavy atom. The van der Waals surface area contributed by atoms with Crippen molar-refractivity contribution in [2.45, 2.75) is 121 Å². The predicted molar refractivity (Wildman–Crippen MR) is 311 cm³/mol. The number of carbonyl (C=O) groups is 2. The summed E-state index contributed by atoms with van der Waals surface area (Å²) in [7, 11) is 0. The summed E-state index contributed by atoms with van der Waals surface area (Å²) in [5, 5.41) is 37.5. The van der Waals surface area contributed by atoms with E-state index in [1.54, 1.807) is 28.4 Å². The number of amides is 2. The number of nitrogen functional groups attached to an aromatic ring is 1. The Hall–Kier alpha value is -6.87. The first kappa shape index (κ1) is 53.4. The number of nitrogens with zero attached hydrogens (tertiary/aromatic N) is 11. The molecule has 426 valence electrons. The van der Waals surface area contributed by atoms with Gasteiger partial charge in [-0.1, -0.05) is 55.4 Å². The van der Waals surface area contributed by atoms with E-state index in [1.165, 1.54) is 26.2 Å². The second-order valence-corrected chi connectivity index (χ2v) is 25.6. The van der Waals surface area contributed by atoms with Crippen LogP contribution in [0.15, 0.2) is 89.0 Å². The summed E-state index contributed by atoms with van der Waals surface area (Å²) in [6.07, 6.45) is 7.85. The number of aliphatic hydroxyl groups excluding tert-OH is 1. The first-order valence-electron chi connectivity index (χ1n) is 29.3. The molecule has 10 heterocycles. The zero-order valence-corrected chi connectivity index (χ0v) is 47.6. The molecule has 13 rings (SSSR count). The molecule has 2 bridgehead atoms. The third-order valence-electron chi connectivity index (χ3n) is 18.7. The highest BCUT2D eigenvalue weighted by Crippen LogP contribution is 2.46. The maximum Gasteiger partial charge on any atom is 0.243 e. The van der Waals surface area contributed by atoms with Crippen molar-refractivity contribution in [3.05, 3.63) is 102 Å². The molecule has 7 aliphatic rings. The van der Waals surface area contributed by atoms with E-state index in [2.05, 4.69) is 67.3 Å².